The van der Waals surface area contributed by atoms with Gasteiger partial charge in [-0.05, 0) is 36.5 Å². The number of rotatable bonds is 3. The summed E-state index contributed by atoms with van der Waals surface area (Å²) >= 11 is 0. The van der Waals surface area contributed by atoms with Crippen molar-refractivity contribution in [3.8, 4) is 6.07 Å². The zero-order chi connectivity index (χ0) is 11.6. The van der Waals surface area contributed by atoms with E-state index in [1.807, 2.05) is 24.3 Å². The highest BCUT2D eigenvalue weighted by atomic mass is 14.5. The van der Waals surface area contributed by atoms with Gasteiger partial charge in [0.1, 0.15) is 0 Å². The topological polar surface area (TPSA) is 49.8 Å². The van der Waals surface area contributed by atoms with Gasteiger partial charge in [0.15, 0.2) is 0 Å². The Hall–Kier alpha value is -1.49. The number of hydrogen-bond donors (Lipinski definition) is 1. The van der Waals surface area contributed by atoms with Gasteiger partial charge in [-0.2, -0.15) is 5.26 Å². The van der Waals surface area contributed by atoms with Gasteiger partial charge in [-0.25, -0.2) is 0 Å². The summed E-state index contributed by atoms with van der Waals surface area (Å²) in [6.45, 7) is 2.20. The third-order valence-electron chi connectivity index (χ3n) is 3.65. The lowest BCUT2D eigenvalue weighted by molar-refractivity contribution is 0.184. The third kappa shape index (κ3) is 1.78. The Bertz CT molecular complexity index is 394. The summed E-state index contributed by atoms with van der Waals surface area (Å²) in [6, 6.07) is 10.3. The molecule has 0 spiro atoms. The molecule has 84 valence electrons. The van der Waals surface area contributed by atoms with Crippen molar-refractivity contribution in [2.75, 3.05) is 5.73 Å². The van der Waals surface area contributed by atoms with E-state index in [4.69, 9.17) is 5.73 Å². The van der Waals surface area contributed by atoms with Gasteiger partial charge in [-0.3, -0.25) is 0 Å². The molecule has 1 aliphatic carbocycles. The van der Waals surface area contributed by atoms with Crippen LogP contribution in [0.5, 0.6) is 0 Å². The number of hydrogen-bond acceptors (Lipinski definition) is 2. The molecule has 0 radical (unpaired) electrons. The number of anilines is 1. The maximum Gasteiger partial charge on any atom is 0.0827 e. The van der Waals surface area contributed by atoms with Crippen LogP contribution < -0.4 is 5.73 Å². The maximum atomic E-state index is 9.36. The van der Waals surface area contributed by atoms with Crippen molar-refractivity contribution in [2.24, 2.45) is 5.92 Å². The molecule has 1 aliphatic rings. The van der Waals surface area contributed by atoms with Crippen LogP contribution >= 0.6 is 0 Å². The summed E-state index contributed by atoms with van der Waals surface area (Å²) in [7, 11) is 0. The van der Waals surface area contributed by atoms with Crippen molar-refractivity contribution in [3.63, 3.8) is 0 Å². The number of nitriles is 1. The molecule has 2 rings (SSSR count). The number of nitrogens with zero attached hydrogens (tertiary/aromatic N) is 1. The number of nitrogen functional groups attached to an aromatic ring is 1. The average Bonchev–Trinajstić information content (AvgIpc) is 2.24. The lowest BCUT2D eigenvalue weighted by atomic mass is 9.58. The molecule has 16 heavy (non-hydrogen) atoms. The SMILES string of the molecule is CCCC1CC(C#N)(c2ccc(N)cc2)C1. The van der Waals surface area contributed by atoms with Crippen molar-refractivity contribution in [1.82, 2.24) is 0 Å². The van der Waals surface area contributed by atoms with Gasteiger partial charge in [0.25, 0.3) is 0 Å². The van der Waals surface area contributed by atoms with E-state index in [0.717, 1.165) is 30.0 Å². The van der Waals surface area contributed by atoms with Crippen LogP contribution in [0.4, 0.5) is 5.69 Å². The molecule has 1 saturated carbocycles. The fourth-order valence-electron chi connectivity index (χ4n) is 2.73. The lowest BCUT2D eigenvalue weighted by Crippen LogP contribution is -2.39. The highest BCUT2D eigenvalue weighted by Crippen LogP contribution is 2.49. The minimum atomic E-state index is -0.229. The largest absolute Gasteiger partial charge is 0.399 e. The fraction of sp³-hybridized carbons (Fsp3) is 0.500. The number of nitrogens with two attached hydrogens (primary N) is 1. The van der Waals surface area contributed by atoms with Gasteiger partial charge in [-0.15, -0.1) is 0 Å². The third-order valence-corrected chi connectivity index (χ3v) is 3.65. The van der Waals surface area contributed by atoms with E-state index in [2.05, 4.69) is 13.0 Å². The Morgan fingerprint density at radius 3 is 2.50 bits per heavy atom. The van der Waals surface area contributed by atoms with Crippen molar-refractivity contribution in [2.45, 2.75) is 38.0 Å². The molecular formula is C14H18N2. The van der Waals surface area contributed by atoms with Gasteiger partial charge < -0.3 is 5.73 Å². The zero-order valence-corrected chi connectivity index (χ0v) is 9.74. The van der Waals surface area contributed by atoms with Crippen LogP contribution in [0.25, 0.3) is 0 Å². The quantitative estimate of drug-likeness (QED) is 0.785. The Labute approximate surface area is 97.1 Å². The van der Waals surface area contributed by atoms with Crippen LogP contribution in [-0.4, -0.2) is 0 Å². The highest BCUT2D eigenvalue weighted by Gasteiger charge is 2.45. The molecule has 1 aromatic rings. The minimum absolute atomic E-state index is 0.229. The van der Waals surface area contributed by atoms with Gasteiger partial charge in [0.2, 0.25) is 0 Å². The normalized spacial score (nSPS) is 28.1. The fourth-order valence-corrected chi connectivity index (χ4v) is 2.73. The second-order valence-corrected chi connectivity index (χ2v) is 4.88. The Morgan fingerprint density at radius 1 is 1.38 bits per heavy atom. The van der Waals surface area contributed by atoms with E-state index < -0.39 is 0 Å². The van der Waals surface area contributed by atoms with Crippen LogP contribution in [0.3, 0.4) is 0 Å². The molecule has 0 saturated heterocycles. The molecule has 1 aromatic carbocycles. The van der Waals surface area contributed by atoms with Gasteiger partial charge in [-0.1, -0.05) is 31.9 Å². The second-order valence-electron chi connectivity index (χ2n) is 4.88. The monoisotopic (exact) mass is 214 g/mol. The van der Waals surface area contributed by atoms with Gasteiger partial charge in [0.05, 0.1) is 11.5 Å². The van der Waals surface area contributed by atoms with Crippen LogP contribution in [-0.2, 0) is 5.41 Å². The zero-order valence-electron chi connectivity index (χ0n) is 9.74. The molecule has 0 atom stereocenters. The summed E-state index contributed by atoms with van der Waals surface area (Å²) in [5.41, 5.74) is 7.34. The van der Waals surface area contributed by atoms with Crippen LogP contribution in [0.1, 0.15) is 38.2 Å². The van der Waals surface area contributed by atoms with E-state index in [1.165, 1.54) is 12.8 Å². The first-order valence-corrected chi connectivity index (χ1v) is 5.97. The summed E-state index contributed by atoms with van der Waals surface area (Å²) in [4.78, 5) is 0. The van der Waals surface area contributed by atoms with E-state index in [-0.39, 0.29) is 5.41 Å². The minimum Gasteiger partial charge on any atom is -0.399 e. The summed E-state index contributed by atoms with van der Waals surface area (Å²) in [5.74, 6) is 0.738. The summed E-state index contributed by atoms with van der Waals surface area (Å²) in [6.07, 6.45) is 4.49. The van der Waals surface area contributed by atoms with Crippen LogP contribution in [0.2, 0.25) is 0 Å². The first-order chi connectivity index (χ1) is 7.70. The molecule has 0 unspecified atom stereocenters. The second kappa shape index (κ2) is 4.17. The predicted molar refractivity (Wildman–Crippen MR) is 65.8 cm³/mol. The van der Waals surface area contributed by atoms with E-state index in [9.17, 15) is 5.26 Å². The van der Waals surface area contributed by atoms with E-state index in [0.29, 0.717) is 0 Å². The number of benzene rings is 1. The Kier molecular flexibility index (Phi) is 2.87. The smallest absolute Gasteiger partial charge is 0.0827 e. The molecule has 0 amide bonds. The first-order valence-electron chi connectivity index (χ1n) is 5.97. The molecule has 0 bridgehead atoms. The van der Waals surface area contributed by atoms with Crippen molar-refractivity contribution >= 4 is 5.69 Å². The molecule has 0 heterocycles. The van der Waals surface area contributed by atoms with E-state index >= 15 is 0 Å². The first kappa shape index (κ1) is 11.0. The lowest BCUT2D eigenvalue weighted by Gasteiger charge is -2.43. The molecule has 0 aliphatic heterocycles. The van der Waals surface area contributed by atoms with Crippen molar-refractivity contribution in [3.05, 3.63) is 29.8 Å². The molecule has 2 nitrogen and oxygen atoms in total. The summed E-state index contributed by atoms with van der Waals surface area (Å²) < 4.78 is 0. The predicted octanol–water partition coefficient (Wildman–Crippen LogP) is 3.24. The molecule has 0 aromatic heterocycles. The summed E-state index contributed by atoms with van der Waals surface area (Å²) in [5, 5.41) is 9.36. The molecule has 2 N–H and O–H groups in total. The van der Waals surface area contributed by atoms with Crippen LogP contribution in [0.15, 0.2) is 24.3 Å². The van der Waals surface area contributed by atoms with Gasteiger partial charge >= 0.3 is 0 Å². The van der Waals surface area contributed by atoms with Gasteiger partial charge in [0, 0.05) is 5.69 Å². The van der Waals surface area contributed by atoms with E-state index in [1.54, 1.807) is 0 Å². The molecule has 1 fully saturated rings. The highest BCUT2D eigenvalue weighted by molar-refractivity contribution is 5.44. The Morgan fingerprint density at radius 2 is 2.00 bits per heavy atom. The molecule has 2 heteroatoms. The average molecular weight is 214 g/mol. The van der Waals surface area contributed by atoms with Crippen molar-refractivity contribution in [1.29, 1.82) is 5.26 Å². The maximum absolute atomic E-state index is 9.36. The van der Waals surface area contributed by atoms with Crippen molar-refractivity contribution < 1.29 is 0 Å². The Balaban J connectivity index is 2.14. The molecular weight excluding hydrogens is 196 g/mol. The standard InChI is InChI=1S/C14H18N2/c1-2-3-11-8-14(9-11,10-15)12-4-6-13(16)7-5-12/h4-7,11H,2-3,8-9,16H2,1H3. The van der Waals surface area contributed by atoms with Crippen LogP contribution in [0, 0.1) is 17.2 Å².